The van der Waals surface area contributed by atoms with Gasteiger partial charge in [0.05, 0.1) is 23.4 Å². The van der Waals surface area contributed by atoms with Crippen molar-refractivity contribution in [3.63, 3.8) is 0 Å². The molecule has 0 bridgehead atoms. The number of rotatable bonds is 6. The Labute approximate surface area is 233 Å². The summed E-state index contributed by atoms with van der Waals surface area (Å²) in [5.74, 6) is -3.28. The van der Waals surface area contributed by atoms with Crippen LogP contribution in [0, 0.1) is 31.0 Å². The monoisotopic (exact) mass is 588 g/mol. The van der Waals surface area contributed by atoms with Gasteiger partial charge in [-0.1, -0.05) is 25.1 Å². The maximum absolute atomic E-state index is 14.1. The first-order valence-electron chi connectivity index (χ1n) is 13.1. The highest BCUT2D eigenvalue weighted by Crippen LogP contribution is 2.43. The second kappa shape index (κ2) is 11.2. The van der Waals surface area contributed by atoms with Gasteiger partial charge in [0.25, 0.3) is 0 Å². The van der Waals surface area contributed by atoms with Crippen LogP contribution in [-0.2, 0) is 15.8 Å². The molecule has 2 aromatic rings. The summed E-state index contributed by atoms with van der Waals surface area (Å²) in [4.78, 5) is 32.1. The zero-order valence-corrected chi connectivity index (χ0v) is 22.8. The minimum atomic E-state index is -4.86. The lowest BCUT2D eigenvalue weighted by Gasteiger charge is -2.40. The Bertz CT molecular complexity index is 1290. The van der Waals surface area contributed by atoms with Gasteiger partial charge in [0.2, 0.25) is 11.8 Å². The number of halogens is 7. The average Bonchev–Trinajstić information content (AvgIpc) is 3.09. The molecule has 0 radical (unpaired) electrons. The summed E-state index contributed by atoms with van der Waals surface area (Å²) in [6.07, 6.45) is -9.22. The van der Waals surface area contributed by atoms with Gasteiger partial charge < -0.3 is 10.2 Å². The van der Waals surface area contributed by atoms with Crippen LogP contribution >= 0.6 is 0 Å². The Morgan fingerprint density at radius 3 is 2.12 bits per heavy atom. The van der Waals surface area contributed by atoms with E-state index < -0.39 is 53.2 Å². The van der Waals surface area contributed by atoms with E-state index >= 15 is 0 Å². The van der Waals surface area contributed by atoms with Crippen LogP contribution < -0.4 is 10.2 Å². The smallest absolute Gasteiger partial charge is 0.325 e. The molecule has 2 saturated heterocycles. The van der Waals surface area contributed by atoms with Gasteiger partial charge >= 0.3 is 12.4 Å². The van der Waals surface area contributed by atoms with Crippen LogP contribution in [0.2, 0.25) is 0 Å². The number of nitrogens with one attached hydrogen (secondary N) is 1. The van der Waals surface area contributed by atoms with Crippen molar-refractivity contribution in [2.75, 3.05) is 56.0 Å². The molecule has 2 unspecified atom stereocenters. The predicted molar refractivity (Wildman–Crippen MR) is 139 cm³/mol. The molecule has 224 valence electrons. The molecule has 0 spiro atoms. The first-order chi connectivity index (χ1) is 19.0. The molecule has 2 atom stereocenters. The molecule has 0 aliphatic carbocycles. The van der Waals surface area contributed by atoms with Crippen molar-refractivity contribution >= 4 is 23.2 Å². The molecule has 0 saturated carbocycles. The van der Waals surface area contributed by atoms with Crippen LogP contribution in [0.25, 0.3) is 0 Å². The van der Waals surface area contributed by atoms with E-state index in [4.69, 9.17) is 0 Å². The van der Waals surface area contributed by atoms with E-state index in [2.05, 4.69) is 5.32 Å². The van der Waals surface area contributed by atoms with E-state index in [1.807, 2.05) is 32.0 Å². The van der Waals surface area contributed by atoms with Crippen molar-refractivity contribution in [1.82, 2.24) is 9.80 Å². The Kier molecular flexibility index (Phi) is 8.43. The number of alkyl halides is 6. The van der Waals surface area contributed by atoms with Crippen LogP contribution in [-0.4, -0.2) is 73.6 Å². The lowest BCUT2D eigenvalue weighted by atomic mass is 9.77. The standard InChI is InChI=1S/C28H31F7N4O2/c1-17-5-4-6-18(2)23(17)39-15-26(19(3)24(39)40,14-37-7-9-38(10-8-37)16-27(30,31)32)25(41)36-22-12-20(28(33,34)35)11-21(29)13-22/h4-6,11-13,19H,7-10,14-16H2,1-3H3,(H,36,41). The SMILES string of the molecule is Cc1cccc(C)c1N1CC(CN2CCN(CC(F)(F)F)CC2)(C(=O)Nc2cc(F)cc(C(F)(F)F)c2)C(C)C1=O. The lowest BCUT2D eigenvalue weighted by molar-refractivity contribution is -0.150. The first kappa shape index (κ1) is 30.8. The van der Waals surface area contributed by atoms with Crippen molar-refractivity contribution in [3.8, 4) is 0 Å². The van der Waals surface area contributed by atoms with E-state index in [0.717, 1.165) is 17.2 Å². The van der Waals surface area contributed by atoms with Crippen molar-refractivity contribution in [2.45, 2.75) is 33.1 Å². The van der Waals surface area contributed by atoms with E-state index in [1.165, 1.54) is 9.80 Å². The van der Waals surface area contributed by atoms with Crippen molar-refractivity contribution < 1.29 is 40.3 Å². The number of hydrogen-bond acceptors (Lipinski definition) is 4. The second-order valence-corrected chi connectivity index (χ2v) is 10.9. The summed E-state index contributed by atoms with van der Waals surface area (Å²) in [5, 5.41) is 2.42. The van der Waals surface area contributed by atoms with Gasteiger partial charge in [0.1, 0.15) is 5.82 Å². The van der Waals surface area contributed by atoms with Gasteiger partial charge in [-0.2, -0.15) is 26.3 Å². The zero-order valence-electron chi connectivity index (χ0n) is 22.8. The number of carbonyl (C=O) groups is 2. The molecule has 2 fully saturated rings. The van der Waals surface area contributed by atoms with Gasteiger partial charge in [-0.3, -0.25) is 19.4 Å². The second-order valence-electron chi connectivity index (χ2n) is 10.9. The Balaban J connectivity index is 1.67. The summed E-state index contributed by atoms with van der Waals surface area (Å²) < 4.78 is 92.7. The third-order valence-electron chi connectivity index (χ3n) is 7.92. The van der Waals surface area contributed by atoms with Crippen LogP contribution in [0.1, 0.15) is 23.6 Å². The Morgan fingerprint density at radius 2 is 1.56 bits per heavy atom. The topological polar surface area (TPSA) is 55.9 Å². The predicted octanol–water partition coefficient (Wildman–Crippen LogP) is 5.25. The van der Waals surface area contributed by atoms with Crippen molar-refractivity contribution in [1.29, 1.82) is 0 Å². The summed E-state index contributed by atoms with van der Waals surface area (Å²) >= 11 is 0. The van der Waals surface area contributed by atoms with E-state index in [0.29, 0.717) is 17.8 Å². The molecular formula is C28H31F7N4O2. The zero-order chi connectivity index (χ0) is 30.3. The van der Waals surface area contributed by atoms with Gasteiger partial charge in [0.15, 0.2) is 0 Å². The maximum Gasteiger partial charge on any atom is 0.416 e. The summed E-state index contributed by atoms with van der Waals surface area (Å²) in [6.45, 7) is 4.50. The largest absolute Gasteiger partial charge is 0.416 e. The highest BCUT2D eigenvalue weighted by molar-refractivity contribution is 6.08. The highest BCUT2D eigenvalue weighted by Gasteiger charge is 2.56. The van der Waals surface area contributed by atoms with Crippen LogP contribution in [0.4, 0.5) is 42.1 Å². The molecule has 2 aliphatic rings. The number of amides is 2. The van der Waals surface area contributed by atoms with Gasteiger partial charge in [-0.05, 0) is 43.2 Å². The quantitative estimate of drug-likeness (QED) is 0.469. The van der Waals surface area contributed by atoms with Crippen molar-refractivity contribution in [3.05, 3.63) is 58.9 Å². The van der Waals surface area contributed by atoms with Crippen molar-refractivity contribution in [2.24, 2.45) is 11.3 Å². The first-order valence-corrected chi connectivity index (χ1v) is 13.1. The maximum atomic E-state index is 14.1. The van der Waals surface area contributed by atoms with E-state index in [1.54, 1.807) is 11.8 Å². The molecule has 41 heavy (non-hydrogen) atoms. The third kappa shape index (κ3) is 6.66. The van der Waals surface area contributed by atoms with E-state index in [-0.39, 0.29) is 45.2 Å². The van der Waals surface area contributed by atoms with Gasteiger partial charge in [-0.25, -0.2) is 4.39 Å². The molecule has 2 heterocycles. The molecule has 6 nitrogen and oxygen atoms in total. The van der Waals surface area contributed by atoms with E-state index in [9.17, 15) is 40.3 Å². The fraction of sp³-hybridized carbons (Fsp3) is 0.500. The van der Waals surface area contributed by atoms with Gasteiger partial charge in [-0.15, -0.1) is 0 Å². The number of nitrogens with zero attached hydrogens (tertiary/aromatic N) is 3. The number of anilines is 2. The summed E-state index contributed by atoms with van der Waals surface area (Å²) in [5.41, 5.74) is -1.02. The molecule has 2 aromatic carbocycles. The highest BCUT2D eigenvalue weighted by atomic mass is 19.4. The molecule has 4 rings (SSSR count). The normalized spacial score (nSPS) is 22.8. The fourth-order valence-electron chi connectivity index (χ4n) is 5.75. The lowest BCUT2D eigenvalue weighted by Crippen LogP contribution is -2.56. The molecule has 2 amide bonds. The van der Waals surface area contributed by atoms with Crippen LogP contribution in [0.3, 0.4) is 0 Å². The summed E-state index contributed by atoms with van der Waals surface area (Å²) in [6, 6.07) is 7.14. The molecular weight excluding hydrogens is 557 g/mol. The summed E-state index contributed by atoms with van der Waals surface area (Å²) in [7, 11) is 0. The number of carbonyl (C=O) groups excluding carboxylic acids is 2. The minimum absolute atomic E-state index is 0.0333. The number of para-hydroxylation sites is 1. The number of hydrogen-bond donors (Lipinski definition) is 1. The average molecular weight is 589 g/mol. The fourth-order valence-corrected chi connectivity index (χ4v) is 5.75. The molecule has 2 aliphatic heterocycles. The van der Waals surface area contributed by atoms with Crippen LogP contribution in [0.15, 0.2) is 36.4 Å². The molecule has 1 N–H and O–H groups in total. The van der Waals surface area contributed by atoms with Gasteiger partial charge in [0, 0.05) is 50.6 Å². The Hall–Kier alpha value is -3.19. The number of aryl methyl sites for hydroxylation is 2. The minimum Gasteiger partial charge on any atom is -0.325 e. The number of benzene rings is 2. The number of piperazine rings is 1. The molecule has 13 heteroatoms. The molecule has 0 aromatic heterocycles. The Morgan fingerprint density at radius 1 is 0.976 bits per heavy atom. The third-order valence-corrected chi connectivity index (χ3v) is 7.92. The van der Waals surface area contributed by atoms with Crippen LogP contribution in [0.5, 0.6) is 0 Å².